The smallest absolute Gasteiger partial charge is 0.108 e. The minimum Gasteiger partial charge on any atom is -0.511 e. The maximum atomic E-state index is 8.95. The van der Waals surface area contributed by atoms with E-state index in [1.54, 1.807) is 0 Å². The molecule has 0 spiro atoms. The third-order valence-corrected chi connectivity index (χ3v) is 1.73. The Labute approximate surface area is 69.1 Å². The van der Waals surface area contributed by atoms with Gasteiger partial charge in [-0.3, -0.25) is 0 Å². The minimum atomic E-state index is 0.321. The third-order valence-electron chi connectivity index (χ3n) is 1.73. The Morgan fingerprint density at radius 2 is 1.91 bits per heavy atom. The van der Waals surface area contributed by atoms with Crippen molar-refractivity contribution in [2.75, 3.05) is 0 Å². The van der Waals surface area contributed by atoms with Crippen molar-refractivity contribution in [3.8, 4) is 0 Å². The van der Waals surface area contributed by atoms with E-state index in [1.807, 2.05) is 0 Å². The van der Waals surface area contributed by atoms with Gasteiger partial charge in [0, 0.05) is 12.6 Å². The molecule has 0 aromatic rings. The molecular formula is C9H19NO. The fourth-order valence-corrected chi connectivity index (χ4v) is 0.993. The number of hydrogen-bond donors (Lipinski definition) is 2. The first-order chi connectivity index (χ1) is 5.31. The number of aliphatic hydroxyl groups excluding tert-OH is 1. The van der Waals surface area contributed by atoms with Gasteiger partial charge in [0.05, 0.1) is 0 Å². The van der Waals surface area contributed by atoms with Crippen molar-refractivity contribution in [2.24, 2.45) is 5.73 Å². The Bertz CT molecular complexity index is 110. The average Bonchev–Trinajstić information content (AvgIpc) is 2.04. The molecule has 0 fully saturated rings. The number of allylic oxidation sites excluding steroid dienone is 1. The van der Waals surface area contributed by atoms with E-state index < -0.39 is 0 Å². The molecule has 2 nitrogen and oxygen atoms in total. The van der Waals surface area contributed by atoms with E-state index in [0.717, 1.165) is 12.8 Å². The second-order valence-electron chi connectivity index (χ2n) is 2.82. The predicted octanol–water partition coefficient (Wildman–Crippen LogP) is 2.71. The van der Waals surface area contributed by atoms with Crippen LogP contribution in [0.5, 0.6) is 0 Å². The Morgan fingerprint density at radius 3 is 2.45 bits per heavy atom. The molecule has 0 saturated carbocycles. The number of rotatable bonds is 6. The van der Waals surface area contributed by atoms with Crippen LogP contribution in [0.2, 0.25) is 0 Å². The van der Waals surface area contributed by atoms with Crippen LogP contribution in [0, 0.1) is 0 Å². The zero-order chi connectivity index (χ0) is 8.53. The summed E-state index contributed by atoms with van der Waals surface area (Å²) >= 11 is 0. The van der Waals surface area contributed by atoms with Gasteiger partial charge in [0.1, 0.15) is 5.76 Å². The maximum absolute atomic E-state index is 8.95. The van der Waals surface area contributed by atoms with Gasteiger partial charge in [-0.1, -0.05) is 32.6 Å². The van der Waals surface area contributed by atoms with Crippen molar-refractivity contribution in [3.05, 3.63) is 12.0 Å². The van der Waals surface area contributed by atoms with Crippen LogP contribution < -0.4 is 5.73 Å². The van der Waals surface area contributed by atoms with Crippen LogP contribution in [-0.4, -0.2) is 5.11 Å². The molecule has 0 bridgehead atoms. The zero-order valence-electron chi connectivity index (χ0n) is 7.34. The summed E-state index contributed by atoms with van der Waals surface area (Å²) in [6.07, 6.45) is 8.10. The molecule has 2 heteroatoms. The first-order valence-electron chi connectivity index (χ1n) is 4.41. The van der Waals surface area contributed by atoms with Crippen molar-refractivity contribution in [2.45, 2.75) is 45.4 Å². The number of nitrogens with two attached hydrogens (primary N) is 1. The van der Waals surface area contributed by atoms with Gasteiger partial charge in [-0.25, -0.2) is 0 Å². The van der Waals surface area contributed by atoms with Crippen molar-refractivity contribution in [1.82, 2.24) is 0 Å². The quantitative estimate of drug-likeness (QED) is 0.460. The second kappa shape index (κ2) is 7.45. The van der Waals surface area contributed by atoms with E-state index in [1.165, 1.54) is 31.9 Å². The van der Waals surface area contributed by atoms with Crippen LogP contribution in [-0.2, 0) is 0 Å². The SMILES string of the molecule is CCCCCCCC(O)=CN. The first kappa shape index (κ1) is 10.3. The Hall–Kier alpha value is -0.660. The largest absolute Gasteiger partial charge is 0.511 e. The molecular weight excluding hydrogens is 138 g/mol. The normalized spacial score (nSPS) is 11.9. The predicted molar refractivity (Wildman–Crippen MR) is 48.3 cm³/mol. The summed E-state index contributed by atoms with van der Waals surface area (Å²) in [6, 6.07) is 0. The van der Waals surface area contributed by atoms with Crippen molar-refractivity contribution >= 4 is 0 Å². The van der Waals surface area contributed by atoms with Crippen molar-refractivity contribution in [3.63, 3.8) is 0 Å². The van der Waals surface area contributed by atoms with Gasteiger partial charge in [0.2, 0.25) is 0 Å². The van der Waals surface area contributed by atoms with Crippen LogP contribution in [0.25, 0.3) is 0 Å². The number of aliphatic hydroxyl groups is 1. The highest BCUT2D eigenvalue weighted by molar-refractivity contribution is 4.85. The molecule has 0 saturated heterocycles. The highest BCUT2D eigenvalue weighted by Crippen LogP contribution is 2.07. The van der Waals surface area contributed by atoms with E-state index in [4.69, 9.17) is 10.8 Å². The van der Waals surface area contributed by atoms with Crippen LogP contribution >= 0.6 is 0 Å². The molecule has 66 valence electrons. The summed E-state index contributed by atoms with van der Waals surface area (Å²) in [6.45, 7) is 2.19. The van der Waals surface area contributed by atoms with Crippen molar-refractivity contribution < 1.29 is 5.11 Å². The number of hydrogen-bond acceptors (Lipinski definition) is 2. The molecule has 11 heavy (non-hydrogen) atoms. The molecule has 0 amide bonds. The molecule has 0 radical (unpaired) electrons. The summed E-state index contributed by atoms with van der Waals surface area (Å²) in [5.41, 5.74) is 5.10. The topological polar surface area (TPSA) is 46.2 Å². The maximum Gasteiger partial charge on any atom is 0.108 e. The molecule has 0 rings (SSSR count). The summed E-state index contributed by atoms with van der Waals surface area (Å²) < 4.78 is 0. The molecule has 0 aliphatic rings. The van der Waals surface area contributed by atoms with Gasteiger partial charge < -0.3 is 10.8 Å². The van der Waals surface area contributed by atoms with Crippen LogP contribution in [0.4, 0.5) is 0 Å². The fourth-order valence-electron chi connectivity index (χ4n) is 0.993. The van der Waals surface area contributed by atoms with E-state index in [0.29, 0.717) is 5.76 Å². The number of unbranched alkanes of at least 4 members (excludes halogenated alkanes) is 4. The Kier molecular flexibility index (Phi) is 7.00. The van der Waals surface area contributed by atoms with Crippen LogP contribution in [0.3, 0.4) is 0 Å². The third kappa shape index (κ3) is 7.23. The first-order valence-corrected chi connectivity index (χ1v) is 4.41. The molecule has 0 unspecified atom stereocenters. The van der Waals surface area contributed by atoms with Crippen molar-refractivity contribution in [1.29, 1.82) is 0 Å². The average molecular weight is 157 g/mol. The van der Waals surface area contributed by atoms with Gasteiger partial charge in [0.15, 0.2) is 0 Å². The summed E-state index contributed by atoms with van der Waals surface area (Å²) in [5.74, 6) is 0.321. The van der Waals surface area contributed by atoms with Gasteiger partial charge in [-0.15, -0.1) is 0 Å². The molecule has 3 N–H and O–H groups in total. The molecule has 0 aromatic carbocycles. The van der Waals surface area contributed by atoms with Gasteiger partial charge >= 0.3 is 0 Å². The Balaban J connectivity index is 3.02. The van der Waals surface area contributed by atoms with E-state index in [-0.39, 0.29) is 0 Å². The highest BCUT2D eigenvalue weighted by atomic mass is 16.3. The fraction of sp³-hybridized carbons (Fsp3) is 0.778. The second-order valence-corrected chi connectivity index (χ2v) is 2.82. The highest BCUT2D eigenvalue weighted by Gasteiger charge is 1.92. The zero-order valence-corrected chi connectivity index (χ0v) is 7.34. The van der Waals surface area contributed by atoms with Gasteiger partial charge in [-0.2, -0.15) is 0 Å². The lowest BCUT2D eigenvalue weighted by Gasteiger charge is -1.98. The lowest BCUT2D eigenvalue weighted by atomic mass is 10.1. The lowest BCUT2D eigenvalue weighted by molar-refractivity contribution is 0.378. The summed E-state index contributed by atoms with van der Waals surface area (Å²) in [5, 5.41) is 8.95. The van der Waals surface area contributed by atoms with E-state index in [9.17, 15) is 0 Å². The molecule has 0 aromatic heterocycles. The monoisotopic (exact) mass is 157 g/mol. The van der Waals surface area contributed by atoms with E-state index in [2.05, 4.69) is 6.92 Å². The Morgan fingerprint density at radius 1 is 1.27 bits per heavy atom. The molecule has 0 atom stereocenters. The van der Waals surface area contributed by atoms with Gasteiger partial charge in [0.25, 0.3) is 0 Å². The lowest BCUT2D eigenvalue weighted by Crippen LogP contribution is -1.88. The molecule has 0 aliphatic carbocycles. The minimum absolute atomic E-state index is 0.321. The van der Waals surface area contributed by atoms with Crippen LogP contribution in [0.1, 0.15) is 45.4 Å². The van der Waals surface area contributed by atoms with Gasteiger partial charge in [-0.05, 0) is 6.42 Å². The standard InChI is InChI=1S/C9H19NO/c1-2-3-4-5-6-7-9(11)8-10/h8,11H,2-7,10H2,1H3. The van der Waals surface area contributed by atoms with Crippen LogP contribution in [0.15, 0.2) is 12.0 Å². The molecule has 0 heterocycles. The van der Waals surface area contributed by atoms with E-state index >= 15 is 0 Å². The summed E-state index contributed by atoms with van der Waals surface area (Å²) in [7, 11) is 0. The molecule has 0 aliphatic heterocycles. The summed E-state index contributed by atoms with van der Waals surface area (Å²) in [4.78, 5) is 0.